The van der Waals surface area contributed by atoms with Crippen molar-refractivity contribution in [2.24, 2.45) is 0 Å². The van der Waals surface area contributed by atoms with E-state index in [0.717, 1.165) is 13.1 Å². The molecular weight excluding hydrogens is 637 g/mol. The van der Waals surface area contributed by atoms with Gasteiger partial charge in [-0.25, -0.2) is 0 Å². The lowest BCUT2D eigenvalue weighted by molar-refractivity contribution is -0.140. The van der Waals surface area contributed by atoms with Crippen molar-refractivity contribution in [1.82, 2.24) is 15.1 Å². The fraction of sp³-hybridized carbons (Fsp3) is 0.630. The minimum absolute atomic E-state index is 0.0662. The van der Waals surface area contributed by atoms with E-state index in [4.69, 9.17) is 18.9 Å². The second-order valence-electron chi connectivity index (χ2n) is 9.57. The summed E-state index contributed by atoms with van der Waals surface area (Å²) in [4.78, 5) is 30.3. The fourth-order valence-corrected chi connectivity index (χ4v) is 5.57. The first-order chi connectivity index (χ1) is 19.3. The van der Waals surface area contributed by atoms with E-state index in [2.05, 4.69) is 32.8 Å². The van der Waals surface area contributed by atoms with Crippen LogP contribution in [0.3, 0.4) is 0 Å². The van der Waals surface area contributed by atoms with Crippen LogP contribution in [-0.2, 0) is 25.7 Å². The van der Waals surface area contributed by atoms with Crippen LogP contribution < -0.4 is 14.8 Å². The number of aliphatic hydroxyl groups excluding tert-OH is 3. The van der Waals surface area contributed by atoms with E-state index in [-0.39, 0.29) is 45.1 Å². The second kappa shape index (κ2) is 16.4. The number of methoxy groups -OCH3 is 2. The smallest absolute Gasteiger partial charge is 0.247 e. The molecule has 1 aliphatic carbocycles. The molecule has 0 bridgehead atoms. The van der Waals surface area contributed by atoms with Crippen molar-refractivity contribution in [1.29, 1.82) is 0 Å². The lowest BCUT2D eigenvalue weighted by Crippen LogP contribution is -2.56. The van der Waals surface area contributed by atoms with Gasteiger partial charge in [0.1, 0.15) is 12.2 Å². The zero-order valence-electron chi connectivity index (χ0n) is 23.0. The minimum atomic E-state index is -1.16. The van der Waals surface area contributed by atoms with Gasteiger partial charge in [-0.3, -0.25) is 14.5 Å². The molecule has 40 heavy (non-hydrogen) atoms. The molecule has 2 amide bonds. The van der Waals surface area contributed by atoms with Crippen LogP contribution >= 0.6 is 22.6 Å². The molecule has 1 saturated heterocycles. The molecule has 0 aromatic heterocycles. The highest BCUT2D eigenvalue weighted by Crippen LogP contribution is 2.37. The molecule has 1 aliphatic heterocycles. The molecule has 1 aromatic carbocycles. The summed E-state index contributed by atoms with van der Waals surface area (Å²) in [5.41, 5.74) is 0.971. The number of aliphatic hydroxyl groups is 3. The first kappa shape index (κ1) is 32.5. The molecule has 0 saturated carbocycles. The number of carbonyl (C=O) groups is 2. The van der Waals surface area contributed by atoms with Crippen molar-refractivity contribution in [2.45, 2.75) is 37.7 Å². The third kappa shape index (κ3) is 8.74. The lowest BCUT2D eigenvalue weighted by Gasteiger charge is -2.41. The minimum Gasteiger partial charge on any atom is -0.493 e. The van der Waals surface area contributed by atoms with Crippen molar-refractivity contribution < 1.29 is 43.9 Å². The number of morpholine rings is 1. The number of carbonyl (C=O) groups excluding carboxylic acids is 2. The van der Waals surface area contributed by atoms with E-state index >= 15 is 0 Å². The average molecular weight is 678 g/mol. The molecule has 4 N–H and O–H groups in total. The van der Waals surface area contributed by atoms with Crippen molar-refractivity contribution >= 4 is 34.4 Å². The van der Waals surface area contributed by atoms with E-state index in [0.29, 0.717) is 52.5 Å². The number of nitrogens with zero attached hydrogens (tertiary/aromatic N) is 2. The van der Waals surface area contributed by atoms with Gasteiger partial charge in [0.05, 0.1) is 56.2 Å². The van der Waals surface area contributed by atoms with Gasteiger partial charge in [-0.2, -0.15) is 0 Å². The first-order valence-electron chi connectivity index (χ1n) is 13.3. The van der Waals surface area contributed by atoms with Crippen LogP contribution in [0.2, 0.25) is 0 Å². The van der Waals surface area contributed by atoms with Gasteiger partial charge in [0.15, 0.2) is 11.5 Å². The highest BCUT2D eigenvalue weighted by Gasteiger charge is 2.41. The van der Waals surface area contributed by atoms with Crippen LogP contribution in [0.25, 0.3) is 0 Å². The predicted octanol–water partition coefficient (Wildman–Crippen LogP) is -0.0951. The van der Waals surface area contributed by atoms with Gasteiger partial charge in [-0.05, 0) is 46.4 Å². The van der Waals surface area contributed by atoms with Gasteiger partial charge < -0.3 is 44.5 Å². The maximum atomic E-state index is 13.4. The molecular formula is C27H40IN3O9. The summed E-state index contributed by atoms with van der Waals surface area (Å²) in [6.07, 6.45) is -0.361. The summed E-state index contributed by atoms with van der Waals surface area (Å²) in [6.45, 7) is 3.54. The maximum Gasteiger partial charge on any atom is 0.247 e. The number of benzene rings is 1. The van der Waals surface area contributed by atoms with E-state index < -0.39 is 24.2 Å². The highest BCUT2D eigenvalue weighted by atomic mass is 127. The third-order valence-corrected chi connectivity index (χ3v) is 7.74. The number of rotatable bonds is 14. The van der Waals surface area contributed by atoms with E-state index in [1.54, 1.807) is 23.1 Å². The summed E-state index contributed by atoms with van der Waals surface area (Å²) >= 11 is 2.06. The molecule has 1 aromatic rings. The molecule has 0 radical (unpaired) electrons. The largest absolute Gasteiger partial charge is 0.493 e. The standard InChI is InChI=1S/C27H40IN3O9/c1-37-10-3-24(34)31(6-5-30-7-11-39-12-8-30)21-15-19(27(36)29-4-9-32)16-22(25(21)35)40-26-20(28)13-18(17-33)14-23(26)38-2/h13-14,16,21-22,25,32-33,35H,3-12,15,17H2,1-2H3,(H,29,36)/t21-,22+,25+/m1/s1. The van der Waals surface area contributed by atoms with Crippen molar-refractivity contribution in [3.63, 3.8) is 0 Å². The molecule has 224 valence electrons. The van der Waals surface area contributed by atoms with Gasteiger partial charge in [0, 0.05) is 51.8 Å². The monoisotopic (exact) mass is 677 g/mol. The zero-order chi connectivity index (χ0) is 29.1. The van der Waals surface area contributed by atoms with Crippen molar-refractivity contribution in [3.05, 3.63) is 32.9 Å². The topological polar surface area (TPSA) is 150 Å². The van der Waals surface area contributed by atoms with Crippen LogP contribution in [0.1, 0.15) is 18.4 Å². The zero-order valence-corrected chi connectivity index (χ0v) is 25.2. The molecule has 0 unspecified atom stereocenters. The summed E-state index contributed by atoms with van der Waals surface area (Å²) < 4.78 is 23.0. The number of amides is 2. The van der Waals surface area contributed by atoms with Crippen LogP contribution in [0.4, 0.5) is 0 Å². The van der Waals surface area contributed by atoms with E-state index in [1.807, 2.05) is 0 Å². The lowest BCUT2D eigenvalue weighted by atomic mass is 9.88. The Bertz CT molecular complexity index is 1020. The molecule has 0 spiro atoms. The molecule has 12 nitrogen and oxygen atoms in total. The van der Waals surface area contributed by atoms with Crippen LogP contribution in [0.15, 0.2) is 23.8 Å². The van der Waals surface area contributed by atoms with Gasteiger partial charge in [-0.1, -0.05) is 0 Å². The first-order valence-corrected chi connectivity index (χ1v) is 14.4. The summed E-state index contributed by atoms with van der Waals surface area (Å²) in [5.74, 6) is 0.107. The van der Waals surface area contributed by atoms with Crippen LogP contribution in [0.5, 0.6) is 11.5 Å². The van der Waals surface area contributed by atoms with Crippen LogP contribution in [0, 0.1) is 3.57 Å². The Balaban J connectivity index is 1.94. The van der Waals surface area contributed by atoms with Gasteiger partial charge >= 0.3 is 0 Å². The molecule has 3 rings (SSSR count). The summed E-state index contributed by atoms with van der Waals surface area (Å²) in [6, 6.07) is 2.63. The SMILES string of the molecule is COCCC(=O)N(CCN1CCOCC1)[C@@H]1CC(C(=O)NCCO)=C[C@H](Oc2c(I)cc(CO)cc2OC)[C@H]1O. The number of hydrogen-bond donors (Lipinski definition) is 4. The van der Waals surface area contributed by atoms with E-state index in [9.17, 15) is 24.9 Å². The normalized spacial score (nSPS) is 21.4. The van der Waals surface area contributed by atoms with E-state index in [1.165, 1.54) is 14.2 Å². The summed E-state index contributed by atoms with van der Waals surface area (Å²) in [5, 5.41) is 33.1. The van der Waals surface area contributed by atoms with Gasteiger partial charge in [0.25, 0.3) is 0 Å². The highest BCUT2D eigenvalue weighted by molar-refractivity contribution is 14.1. The molecule has 1 heterocycles. The number of nitrogens with one attached hydrogen (secondary N) is 1. The second-order valence-corrected chi connectivity index (χ2v) is 10.7. The molecule has 2 aliphatic rings. The molecule has 13 heteroatoms. The van der Waals surface area contributed by atoms with Crippen LogP contribution in [-0.4, -0.2) is 129 Å². The fourth-order valence-electron chi connectivity index (χ4n) is 4.78. The Hall–Kier alpha value is -2.01. The maximum absolute atomic E-state index is 13.4. The molecule has 3 atom stereocenters. The van der Waals surface area contributed by atoms with Gasteiger partial charge in [0.2, 0.25) is 11.8 Å². The Morgan fingerprint density at radius 1 is 1.23 bits per heavy atom. The Labute approximate surface area is 248 Å². The number of hydrogen-bond acceptors (Lipinski definition) is 10. The number of halogens is 1. The predicted molar refractivity (Wildman–Crippen MR) is 154 cm³/mol. The Morgan fingerprint density at radius 2 is 1.98 bits per heavy atom. The Kier molecular flexibility index (Phi) is 13.4. The van der Waals surface area contributed by atoms with Gasteiger partial charge in [-0.15, -0.1) is 0 Å². The molecule has 1 fully saturated rings. The summed E-state index contributed by atoms with van der Waals surface area (Å²) in [7, 11) is 3.00. The van der Waals surface area contributed by atoms with Crippen molar-refractivity contribution in [2.75, 3.05) is 73.4 Å². The third-order valence-electron chi connectivity index (χ3n) is 6.94. The number of ether oxygens (including phenoxy) is 4. The average Bonchev–Trinajstić information content (AvgIpc) is 2.97. The quantitative estimate of drug-likeness (QED) is 0.197. The Morgan fingerprint density at radius 3 is 2.62 bits per heavy atom. The van der Waals surface area contributed by atoms with Crippen molar-refractivity contribution in [3.8, 4) is 11.5 Å².